The molecule has 32 heavy (non-hydrogen) atoms. The molecule has 5 nitrogen and oxygen atoms in total. The summed E-state index contributed by atoms with van der Waals surface area (Å²) in [5.41, 5.74) is 2.75. The molecule has 2 aromatic carbocycles. The van der Waals surface area contributed by atoms with Crippen molar-refractivity contribution in [3.05, 3.63) is 69.7 Å². The molecule has 1 aliphatic rings. The summed E-state index contributed by atoms with van der Waals surface area (Å²) >= 11 is 12.1. The number of anilines is 1. The van der Waals surface area contributed by atoms with Gasteiger partial charge in [0.1, 0.15) is 0 Å². The van der Waals surface area contributed by atoms with Crippen LogP contribution in [-0.4, -0.2) is 49.9 Å². The lowest BCUT2D eigenvalue weighted by molar-refractivity contribution is -0.128. The number of halogens is 2. The maximum Gasteiger partial charge on any atom is 0.247 e. The van der Waals surface area contributed by atoms with Crippen LogP contribution in [0.2, 0.25) is 10.0 Å². The molecule has 0 radical (unpaired) electrons. The Balaban J connectivity index is 1.82. The van der Waals surface area contributed by atoms with Gasteiger partial charge in [-0.3, -0.25) is 4.79 Å². The van der Waals surface area contributed by atoms with E-state index in [1.165, 1.54) is 6.08 Å². The topological polar surface area (TPSA) is 57.7 Å². The van der Waals surface area contributed by atoms with Crippen molar-refractivity contribution in [2.75, 3.05) is 29.5 Å². The lowest BCUT2D eigenvalue weighted by atomic mass is 10.1. The van der Waals surface area contributed by atoms with E-state index in [-0.39, 0.29) is 23.5 Å². The summed E-state index contributed by atoms with van der Waals surface area (Å²) in [4.78, 5) is 17.0. The van der Waals surface area contributed by atoms with Crippen molar-refractivity contribution in [1.29, 1.82) is 0 Å². The van der Waals surface area contributed by atoms with E-state index in [4.69, 9.17) is 23.2 Å². The fourth-order valence-corrected chi connectivity index (χ4v) is 6.10. The highest BCUT2D eigenvalue weighted by Gasteiger charge is 2.34. The molecule has 2 aromatic rings. The summed E-state index contributed by atoms with van der Waals surface area (Å²) in [6.07, 6.45) is 3.53. The SMILES string of the molecule is CCN(CC)c1ccc(CN(C(=O)/C=C/c2ccc(Cl)cc2Cl)C2CCS(=O)(=O)C2)cc1. The van der Waals surface area contributed by atoms with E-state index in [1.54, 1.807) is 29.2 Å². The Labute approximate surface area is 200 Å². The van der Waals surface area contributed by atoms with E-state index in [9.17, 15) is 13.2 Å². The van der Waals surface area contributed by atoms with Crippen LogP contribution < -0.4 is 4.90 Å². The number of amides is 1. The van der Waals surface area contributed by atoms with Gasteiger partial charge in [0.15, 0.2) is 9.84 Å². The highest BCUT2D eigenvalue weighted by Crippen LogP contribution is 2.24. The van der Waals surface area contributed by atoms with Crippen molar-refractivity contribution in [3.63, 3.8) is 0 Å². The number of benzene rings is 2. The number of rotatable bonds is 8. The second-order valence-electron chi connectivity index (χ2n) is 7.86. The van der Waals surface area contributed by atoms with Gasteiger partial charge in [-0.05, 0) is 61.7 Å². The lowest BCUT2D eigenvalue weighted by Gasteiger charge is -2.28. The molecule has 1 fully saturated rings. The largest absolute Gasteiger partial charge is 0.372 e. The van der Waals surface area contributed by atoms with Gasteiger partial charge in [-0.15, -0.1) is 0 Å². The van der Waals surface area contributed by atoms with Gasteiger partial charge in [-0.2, -0.15) is 0 Å². The van der Waals surface area contributed by atoms with Gasteiger partial charge >= 0.3 is 0 Å². The summed E-state index contributed by atoms with van der Waals surface area (Å²) in [7, 11) is -3.13. The Morgan fingerprint density at radius 2 is 1.78 bits per heavy atom. The first-order chi connectivity index (χ1) is 15.2. The summed E-state index contributed by atoms with van der Waals surface area (Å²) in [6.45, 7) is 6.39. The highest BCUT2D eigenvalue weighted by atomic mass is 35.5. The fraction of sp³-hybridized carbons (Fsp3) is 0.375. The van der Waals surface area contributed by atoms with Crippen LogP contribution >= 0.6 is 23.2 Å². The number of sulfone groups is 1. The molecule has 1 atom stereocenters. The summed E-state index contributed by atoms with van der Waals surface area (Å²) in [6, 6.07) is 12.8. The van der Waals surface area contributed by atoms with E-state index in [2.05, 4.69) is 18.7 Å². The number of nitrogens with zero attached hydrogens (tertiary/aromatic N) is 2. The monoisotopic (exact) mass is 494 g/mol. The van der Waals surface area contributed by atoms with Crippen molar-refractivity contribution in [3.8, 4) is 0 Å². The zero-order valence-corrected chi connectivity index (χ0v) is 20.6. The average Bonchev–Trinajstić information content (AvgIpc) is 3.12. The molecule has 1 saturated heterocycles. The number of hydrogen-bond acceptors (Lipinski definition) is 4. The fourth-order valence-electron chi connectivity index (χ4n) is 3.90. The Morgan fingerprint density at radius 3 is 2.34 bits per heavy atom. The maximum absolute atomic E-state index is 13.1. The molecule has 0 saturated carbocycles. The molecule has 0 bridgehead atoms. The average molecular weight is 495 g/mol. The molecule has 0 aromatic heterocycles. The van der Waals surface area contributed by atoms with E-state index in [0.717, 1.165) is 24.3 Å². The van der Waals surface area contributed by atoms with Gasteiger partial charge in [0.05, 0.1) is 11.5 Å². The molecular weight excluding hydrogens is 467 g/mol. The zero-order valence-electron chi connectivity index (χ0n) is 18.3. The minimum absolute atomic E-state index is 0.00812. The molecule has 1 unspecified atom stereocenters. The van der Waals surface area contributed by atoms with Gasteiger partial charge < -0.3 is 9.80 Å². The van der Waals surface area contributed by atoms with E-state index in [1.807, 2.05) is 24.3 Å². The van der Waals surface area contributed by atoms with Crippen LogP contribution in [0.5, 0.6) is 0 Å². The maximum atomic E-state index is 13.1. The molecule has 1 aliphatic heterocycles. The predicted octanol–water partition coefficient (Wildman–Crippen LogP) is 5.07. The van der Waals surface area contributed by atoms with Crippen molar-refractivity contribution in [2.45, 2.75) is 32.9 Å². The summed E-state index contributed by atoms with van der Waals surface area (Å²) in [5, 5.41) is 0.966. The third-order valence-electron chi connectivity index (χ3n) is 5.72. The van der Waals surface area contributed by atoms with Crippen LogP contribution in [0.25, 0.3) is 6.08 Å². The standard InChI is InChI=1S/C24H28Cl2N2O3S/c1-3-27(4-2)21-10-5-18(6-11-21)16-28(22-13-14-32(30,31)17-22)24(29)12-8-19-7-9-20(25)15-23(19)26/h5-12,15,22H,3-4,13-14,16-17H2,1-2H3/b12-8+. The van der Waals surface area contributed by atoms with Crippen LogP contribution in [-0.2, 0) is 21.2 Å². The van der Waals surface area contributed by atoms with Crippen LogP contribution in [0.3, 0.4) is 0 Å². The van der Waals surface area contributed by atoms with Crippen molar-refractivity contribution in [1.82, 2.24) is 4.90 Å². The first-order valence-corrected chi connectivity index (χ1v) is 13.3. The number of carbonyl (C=O) groups excluding carboxylic acids is 1. The van der Waals surface area contributed by atoms with Gasteiger partial charge in [0.25, 0.3) is 0 Å². The van der Waals surface area contributed by atoms with Crippen molar-refractivity contribution < 1.29 is 13.2 Å². The molecule has 1 amide bonds. The Bertz CT molecular complexity index is 1080. The minimum atomic E-state index is -3.13. The van der Waals surface area contributed by atoms with E-state index in [0.29, 0.717) is 28.6 Å². The summed E-state index contributed by atoms with van der Waals surface area (Å²) in [5.74, 6) is -0.146. The van der Waals surface area contributed by atoms with Crippen LogP contribution in [0.4, 0.5) is 5.69 Å². The van der Waals surface area contributed by atoms with Crippen LogP contribution in [0.1, 0.15) is 31.4 Å². The second-order valence-corrected chi connectivity index (χ2v) is 10.9. The molecule has 8 heteroatoms. The lowest BCUT2D eigenvalue weighted by Crippen LogP contribution is -2.39. The molecule has 0 aliphatic carbocycles. The molecule has 1 heterocycles. The van der Waals surface area contributed by atoms with E-state index < -0.39 is 9.84 Å². The number of carbonyl (C=O) groups is 1. The van der Waals surface area contributed by atoms with Crippen molar-refractivity contribution >= 4 is 50.7 Å². The van der Waals surface area contributed by atoms with Crippen molar-refractivity contribution in [2.24, 2.45) is 0 Å². The van der Waals surface area contributed by atoms with Gasteiger partial charge in [-0.25, -0.2) is 8.42 Å². The molecule has 3 rings (SSSR count). The Kier molecular flexibility index (Phi) is 8.26. The molecular formula is C24H28Cl2N2O3S. The third-order valence-corrected chi connectivity index (χ3v) is 8.03. The van der Waals surface area contributed by atoms with Gasteiger partial charge in [-0.1, -0.05) is 41.4 Å². The minimum Gasteiger partial charge on any atom is -0.372 e. The zero-order chi connectivity index (χ0) is 23.3. The van der Waals surface area contributed by atoms with Crippen LogP contribution in [0, 0.1) is 0 Å². The highest BCUT2D eigenvalue weighted by molar-refractivity contribution is 7.91. The predicted molar refractivity (Wildman–Crippen MR) is 133 cm³/mol. The first-order valence-electron chi connectivity index (χ1n) is 10.7. The quantitative estimate of drug-likeness (QED) is 0.480. The van der Waals surface area contributed by atoms with Gasteiger partial charge in [0.2, 0.25) is 5.91 Å². The third kappa shape index (κ3) is 6.27. The Hall–Kier alpha value is -2.02. The van der Waals surface area contributed by atoms with E-state index >= 15 is 0 Å². The normalized spacial score (nSPS) is 17.6. The Morgan fingerprint density at radius 1 is 1.09 bits per heavy atom. The van der Waals surface area contributed by atoms with Gasteiger partial charge in [0, 0.05) is 47.5 Å². The second kappa shape index (κ2) is 10.7. The summed E-state index contributed by atoms with van der Waals surface area (Å²) < 4.78 is 24.1. The first kappa shape index (κ1) is 24.6. The smallest absolute Gasteiger partial charge is 0.247 e. The number of hydrogen-bond donors (Lipinski definition) is 0. The molecule has 172 valence electrons. The van der Waals surface area contributed by atoms with Crippen LogP contribution in [0.15, 0.2) is 48.5 Å². The molecule has 0 spiro atoms. The molecule has 0 N–H and O–H groups in total.